The fraction of sp³-hybridized carbons (Fsp3) is 0.375. The molecule has 8 heteroatoms. The first-order chi connectivity index (χ1) is 11.6. The molecular formula is C16H23N5O2S. The number of thiazole rings is 1. The van der Waals surface area contributed by atoms with Crippen LogP contribution in [0.25, 0.3) is 0 Å². The molecule has 0 radical (unpaired) electrons. The smallest absolute Gasteiger partial charge is 0.195 e. The van der Waals surface area contributed by atoms with E-state index in [1.807, 2.05) is 42.6 Å². The summed E-state index contributed by atoms with van der Waals surface area (Å²) in [5, 5.41) is 9.48. The average Bonchev–Trinajstić information content (AvgIpc) is 3.07. The summed E-state index contributed by atoms with van der Waals surface area (Å²) in [4.78, 5) is 10.8. The number of aromatic nitrogens is 1. The zero-order chi connectivity index (χ0) is 17.5. The number of nitrogens with zero attached hydrogens (tertiary/aromatic N) is 3. The van der Waals surface area contributed by atoms with Gasteiger partial charge in [-0.25, -0.2) is 4.98 Å². The summed E-state index contributed by atoms with van der Waals surface area (Å²) >= 11 is 1.61. The Kier molecular flexibility index (Phi) is 6.25. The molecule has 0 fully saturated rings. The number of nitrogens with one attached hydrogen (secondary N) is 2. The van der Waals surface area contributed by atoms with Crippen LogP contribution in [0.5, 0.6) is 11.5 Å². The molecule has 130 valence electrons. The van der Waals surface area contributed by atoms with Gasteiger partial charge in [-0.15, -0.1) is 11.3 Å². The lowest BCUT2D eigenvalue weighted by molar-refractivity contribution is 0.355. The van der Waals surface area contributed by atoms with Crippen LogP contribution in [0.4, 0.5) is 10.8 Å². The maximum Gasteiger partial charge on any atom is 0.195 e. The minimum atomic E-state index is 0.595. The highest BCUT2D eigenvalue weighted by Gasteiger charge is 2.07. The van der Waals surface area contributed by atoms with Crippen LogP contribution < -0.4 is 25.0 Å². The van der Waals surface area contributed by atoms with Gasteiger partial charge >= 0.3 is 0 Å². The molecule has 1 heterocycles. The molecule has 0 atom stereocenters. The van der Waals surface area contributed by atoms with E-state index in [0.717, 1.165) is 16.5 Å². The Bertz CT molecular complexity index is 700. The Balaban J connectivity index is 1.99. The maximum absolute atomic E-state index is 5.31. The van der Waals surface area contributed by atoms with Crippen LogP contribution >= 0.6 is 11.3 Å². The summed E-state index contributed by atoms with van der Waals surface area (Å²) < 4.78 is 10.5. The van der Waals surface area contributed by atoms with Gasteiger partial charge in [0.25, 0.3) is 0 Å². The minimum Gasteiger partial charge on any atom is -0.493 e. The monoisotopic (exact) mass is 349 g/mol. The second kappa shape index (κ2) is 8.39. The molecule has 0 saturated heterocycles. The molecule has 1 aromatic carbocycles. The molecule has 0 unspecified atom stereocenters. The number of rotatable bonds is 6. The van der Waals surface area contributed by atoms with Gasteiger partial charge < -0.3 is 25.0 Å². The van der Waals surface area contributed by atoms with Crippen molar-refractivity contribution in [3.8, 4) is 11.5 Å². The fourth-order valence-electron chi connectivity index (χ4n) is 1.99. The van der Waals surface area contributed by atoms with Crippen LogP contribution in [0.2, 0.25) is 0 Å². The Labute approximate surface area is 146 Å². The SMILES string of the molecule is CN=C(NCc1csc(N(C)C)n1)Nc1ccc(OC)c(OC)c1. The lowest BCUT2D eigenvalue weighted by atomic mass is 10.3. The molecule has 0 aliphatic carbocycles. The van der Waals surface area contributed by atoms with Crippen LogP contribution in [0.3, 0.4) is 0 Å². The van der Waals surface area contributed by atoms with Crippen molar-refractivity contribution in [2.24, 2.45) is 4.99 Å². The maximum atomic E-state index is 5.31. The predicted molar refractivity (Wildman–Crippen MR) is 99.8 cm³/mol. The van der Waals surface area contributed by atoms with E-state index in [4.69, 9.17) is 9.47 Å². The number of anilines is 2. The standard InChI is InChI=1S/C16H23N5O2S/c1-17-15(18-9-12-10-24-16(20-12)21(2)3)19-11-6-7-13(22-4)14(8-11)23-5/h6-8,10H,9H2,1-5H3,(H2,17,18,19). The van der Waals surface area contributed by atoms with Crippen molar-refractivity contribution in [3.63, 3.8) is 0 Å². The van der Waals surface area contributed by atoms with Gasteiger partial charge in [-0.3, -0.25) is 4.99 Å². The van der Waals surface area contributed by atoms with E-state index >= 15 is 0 Å². The summed E-state index contributed by atoms with van der Waals surface area (Å²) in [6.45, 7) is 0.595. The van der Waals surface area contributed by atoms with Crippen molar-refractivity contribution < 1.29 is 9.47 Å². The molecule has 7 nitrogen and oxygen atoms in total. The summed E-state index contributed by atoms with van der Waals surface area (Å²) in [7, 11) is 8.91. The van der Waals surface area contributed by atoms with Crippen molar-refractivity contribution >= 4 is 28.1 Å². The minimum absolute atomic E-state index is 0.595. The molecule has 1 aromatic heterocycles. The molecule has 2 aromatic rings. The Hall–Kier alpha value is -2.48. The zero-order valence-corrected chi connectivity index (χ0v) is 15.4. The first-order valence-corrected chi connectivity index (χ1v) is 8.26. The zero-order valence-electron chi connectivity index (χ0n) is 14.6. The highest BCUT2D eigenvalue weighted by atomic mass is 32.1. The number of aliphatic imine (C=N–C) groups is 1. The second-order valence-corrected chi connectivity index (χ2v) is 5.97. The molecule has 0 saturated carbocycles. The van der Waals surface area contributed by atoms with Crippen molar-refractivity contribution in [2.75, 3.05) is 45.6 Å². The summed E-state index contributed by atoms with van der Waals surface area (Å²) in [6, 6.07) is 5.61. The van der Waals surface area contributed by atoms with E-state index in [9.17, 15) is 0 Å². The molecular weight excluding hydrogens is 326 g/mol. The summed E-state index contributed by atoms with van der Waals surface area (Å²) in [5.41, 5.74) is 1.83. The Morgan fingerprint density at radius 2 is 2.00 bits per heavy atom. The number of ether oxygens (including phenoxy) is 2. The molecule has 0 amide bonds. The third kappa shape index (κ3) is 4.51. The van der Waals surface area contributed by atoms with Gasteiger partial charge in [0.15, 0.2) is 22.6 Å². The highest BCUT2D eigenvalue weighted by Crippen LogP contribution is 2.29. The molecule has 2 N–H and O–H groups in total. The van der Waals surface area contributed by atoms with Gasteiger partial charge in [0.1, 0.15) is 0 Å². The van der Waals surface area contributed by atoms with E-state index < -0.39 is 0 Å². The highest BCUT2D eigenvalue weighted by molar-refractivity contribution is 7.13. The topological polar surface area (TPSA) is 71.0 Å². The van der Waals surface area contributed by atoms with Gasteiger partial charge in [-0.1, -0.05) is 0 Å². The van der Waals surface area contributed by atoms with E-state index in [0.29, 0.717) is 24.0 Å². The van der Waals surface area contributed by atoms with Gasteiger partial charge in [0.05, 0.1) is 26.5 Å². The molecule has 0 aliphatic heterocycles. The molecule has 0 aliphatic rings. The molecule has 24 heavy (non-hydrogen) atoms. The largest absolute Gasteiger partial charge is 0.493 e. The Morgan fingerprint density at radius 1 is 1.25 bits per heavy atom. The van der Waals surface area contributed by atoms with Crippen molar-refractivity contribution in [2.45, 2.75) is 6.54 Å². The molecule has 2 rings (SSSR count). The third-order valence-corrected chi connectivity index (χ3v) is 4.29. The van der Waals surface area contributed by atoms with Gasteiger partial charge in [0.2, 0.25) is 0 Å². The van der Waals surface area contributed by atoms with Crippen molar-refractivity contribution in [3.05, 3.63) is 29.3 Å². The number of guanidine groups is 1. The average molecular weight is 349 g/mol. The van der Waals surface area contributed by atoms with Crippen LogP contribution in [-0.2, 0) is 6.54 Å². The number of benzene rings is 1. The van der Waals surface area contributed by atoms with Gasteiger partial charge in [-0.2, -0.15) is 0 Å². The van der Waals surface area contributed by atoms with E-state index in [2.05, 4.69) is 20.6 Å². The van der Waals surface area contributed by atoms with Crippen LogP contribution in [0.15, 0.2) is 28.6 Å². The van der Waals surface area contributed by atoms with Crippen molar-refractivity contribution in [1.29, 1.82) is 0 Å². The summed E-state index contributed by atoms with van der Waals surface area (Å²) in [5.74, 6) is 2.00. The first-order valence-electron chi connectivity index (χ1n) is 7.38. The number of hydrogen-bond donors (Lipinski definition) is 2. The van der Waals surface area contributed by atoms with Crippen molar-refractivity contribution in [1.82, 2.24) is 10.3 Å². The molecule has 0 bridgehead atoms. The van der Waals surface area contributed by atoms with E-state index in [1.165, 1.54) is 0 Å². The second-order valence-electron chi connectivity index (χ2n) is 5.14. The quantitative estimate of drug-likeness (QED) is 0.616. The number of methoxy groups -OCH3 is 2. The molecule has 0 spiro atoms. The van der Waals surface area contributed by atoms with Gasteiger partial charge in [-0.05, 0) is 12.1 Å². The van der Waals surface area contributed by atoms with Crippen LogP contribution in [0, 0.1) is 0 Å². The van der Waals surface area contributed by atoms with E-state index in [-0.39, 0.29) is 0 Å². The van der Waals surface area contributed by atoms with E-state index in [1.54, 1.807) is 32.6 Å². The third-order valence-electron chi connectivity index (χ3n) is 3.23. The van der Waals surface area contributed by atoms with Crippen LogP contribution in [-0.4, -0.2) is 46.3 Å². The Morgan fingerprint density at radius 3 is 2.58 bits per heavy atom. The number of hydrogen-bond acceptors (Lipinski definition) is 6. The van der Waals surface area contributed by atoms with Gasteiger partial charge in [0, 0.05) is 38.3 Å². The lowest BCUT2D eigenvalue weighted by Gasteiger charge is -2.13. The predicted octanol–water partition coefficient (Wildman–Crippen LogP) is 2.41. The van der Waals surface area contributed by atoms with Crippen LogP contribution in [0.1, 0.15) is 5.69 Å². The lowest BCUT2D eigenvalue weighted by Crippen LogP contribution is -2.30. The summed E-state index contributed by atoms with van der Waals surface area (Å²) in [6.07, 6.45) is 0. The first kappa shape index (κ1) is 17.9. The fourth-order valence-corrected chi connectivity index (χ4v) is 2.75. The normalized spacial score (nSPS) is 11.1.